The van der Waals surface area contributed by atoms with Crippen LogP contribution in [0.5, 0.6) is 0 Å². The summed E-state index contributed by atoms with van der Waals surface area (Å²) in [5.74, 6) is -1.18. The summed E-state index contributed by atoms with van der Waals surface area (Å²) in [5, 5.41) is 0. The van der Waals surface area contributed by atoms with Gasteiger partial charge in [0.2, 0.25) is 10.0 Å². The van der Waals surface area contributed by atoms with Gasteiger partial charge in [-0.15, -0.1) is 0 Å². The fraction of sp³-hybridized carbons (Fsp3) is 0.455. The molecule has 3 nitrogen and oxygen atoms in total. The highest BCUT2D eigenvalue weighted by Crippen LogP contribution is 2.14. The van der Waals surface area contributed by atoms with Crippen LogP contribution in [0.2, 0.25) is 0 Å². The highest BCUT2D eigenvalue weighted by molar-refractivity contribution is 7.88. The van der Waals surface area contributed by atoms with Crippen LogP contribution >= 0.6 is 0 Å². The molecule has 0 N–H and O–H groups in total. The summed E-state index contributed by atoms with van der Waals surface area (Å²) in [6.45, 7) is 1.96. The molecule has 0 atom stereocenters. The summed E-state index contributed by atoms with van der Waals surface area (Å²) in [6.07, 6.45) is 1.67. The van der Waals surface area contributed by atoms with Crippen molar-refractivity contribution in [3.63, 3.8) is 0 Å². The van der Waals surface area contributed by atoms with Crippen LogP contribution in [0.1, 0.15) is 18.9 Å². The molecule has 0 bridgehead atoms. The van der Waals surface area contributed by atoms with Gasteiger partial charge in [0.25, 0.3) is 0 Å². The first kappa shape index (κ1) is 14.1. The van der Waals surface area contributed by atoms with Crippen LogP contribution in [0.4, 0.5) is 8.78 Å². The van der Waals surface area contributed by atoms with Gasteiger partial charge in [-0.3, -0.25) is 0 Å². The predicted molar refractivity (Wildman–Crippen MR) is 61.9 cm³/mol. The van der Waals surface area contributed by atoms with Crippen molar-refractivity contribution in [3.05, 3.63) is 35.4 Å². The Labute approximate surface area is 100 Å². The first-order valence-electron chi connectivity index (χ1n) is 5.23. The third kappa shape index (κ3) is 4.05. The lowest BCUT2D eigenvalue weighted by molar-refractivity contribution is 0.401. The minimum Gasteiger partial charge on any atom is -0.212 e. The van der Waals surface area contributed by atoms with Crippen molar-refractivity contribution >= 4 is 10.0 Å². The zero-order valence-electron chi connectivity index (χ0n) is 9.78. The number of hydrogen-bond donors (Lipinski definition) is 0. The van der Waals surface area contributed by atoms with Crippen molar-refractivity contribution in [2.24, 2.45) is 0 Å². The zero-order valence-corrected chi connectivity index (χ0v) is 10.6. The Kier molecular flexibility index (Phi) is 4.59. The van der Waals surface area contributed by atoms with E-state index in [9.17, 15) is 17.2 Å². The normalized spacial score (nSPS) is 12.1. The lowest BCUT2D eigenvalue weighted by Crippen LogP contribution is -2.30. The first-order valence-corrected chi connectivity index (χ1v) is 7.08. The number of hydrogen-bond acceptors (Lipinski definition) is 2. The summed E-state index contributed by atoms with van der Waals surface area (Å²) in [5.41, 5.74) is 0.0453. The molecule has 0 aliphatic heterocycles. The minimum atomic E-state index is -3.41. The second-order valence-corrected chi connectivity index (χ2v) is 5.81. The number of benzene rings is 1. The van der Waals surface area contributed by atoms with Gasteiger partial charge in [-0.2, -0.15) is 4.31 Å². The molecule has 0 amide bonds. The fourth-order valence-electron chi connectivity index (χ4n) is 1.47. The first-order chi connectivity index (χ1) is 7.84. The molecule has 1 aromatic carbocycles. The molecule has 0 aliphatic carbocycles. The van der Waals surface area contributed by atoms with E-state index >= 15 is 0 Å². The third-order valence-corrected chi connectivity index (χ3v) is 3.55. The maximum atomic E-state index is 13.4. The van der Waals surface area contributed by atoms with Crippen molar-refractivity contribution in [2.75, 3.05) is 12.8 Å². The van der Waals surface area contributed by atoms with Crippen LogP contribution in [0, 0.1) is 11.6 Å². The van der Waals surface area contributed by atoms with Crippen molar-refractivity contribution < 1.29 is 17.2 Å². The van der Waals surface area contributed by atoms with E-state index < -0.39 is 21.7 Å². The van der Waals surface area contributed by atoms with E-state index in [-0.39, 0.29) is 18.7 Å². The second kappa shape index (κ2) is 5.55. The molecule has 1 aromatic rings. The van der Waals surface area contributed by atoms with Crippen LogP contribution in [-0.2, 0) is 16.6 Å². The molecule has 1 rings (SSSR count). The molecule has 0 saturated heterocycles. The maximum Gasteiger partial charge on any atom is 0.211 e. The van der Waals surface area contributed by atoms with Gasteiger partial charge < -0.3 is 0 Å². The number of sulfonamides is 1. The number of nitrogens with zero attached hydrogens (tertiary/aromatic N) is 1. The molecular weight excluding hydrogens is 248 g/mol. The standard InChI is InChI=1S/C11H15F2NO2S/c1-3-6-14(17(2,15)16)8-9-7-10(12)4-5-11(9)13/h4-5,7H,3,6,8H2,1-2H3. The van der Waals surface area contributed by atoms with Gasteiger partial charge in [0.15, 0.2) is 0 Å². The molecule has 0 fully saturated rings. The molecule has 0 unspecified atom stereocenters. The van der Waals surface area contributed by atoms with Crippen molar-refractivity contribution in [1.29, 1.82) is 0 Å². The van der Waals surface area contributed by atoms with Gasteiger partial charge >= 0.3 is 0 Å². The molecule has 0 aliphatic rings. The van der Waals surface area contributed by atoms with E-state index in [1.54, 1.807) is 0 Å². The van der Waals surface area contributed by atoms with E-state index in [0.717, 1.165) is 28.8 Å². The average molecular weight is 263 g/mol. The van der Waals surface area contributed by atoms with E-state index in [2.05, 4.69) is 0 Å². The average Bonchev–Trinajstić information content (AvgIpc) is 2.21. The molecule has 6 heteroatoms. The Morgan fingerprint density at radius 1 is 1.29 bits per heavy atom. The summed E-state index contributed by atoms with van der Waals surface area (Å²) in [4.78, 5) is 0. The summed E-state index contributed by atoms with van der Waals surface area (Å²) < 4.78 is 50.3. The van der Waals surface area contributed by atoms with Gasteiger partial charge in [0.05, 0.1) is 6.26 Å². The molecule has 0 saturated carbocycles. The Morgan fingerprint density at radius 2 is 1.94 bits per heavy atom. The van der Waals surface area contributed by atoms with Crippen molar-refractivity contribution in [3.8, 4) is 0 Å². The monoisotopic (exact) mass is 263 g/mol. The van der Waals surface area contributed by atoms with E-state index in [4.69, 9.17) is 0 Å². The van der Waals surface area contributed by atoms with E-state index in [1.165, 1.54) is 0 Å². The Balaban J connectivity index is 2.97. The van der Waals surface area contributed by atoms with Gasteiger partial charge in [-0.1, -0.05) is 6.92 Å². The largest absolute Gasteiger partial charge is 0.212 e. The zero-order chi connectivity index (χ0) is 13.1. The fourth-order valence-corrected chi connectivity index (χ4v) is 2.35. The SMILES string of the molecule is CCCN(Cc1cc(F)ccc1F)S(C)(=O)=O. The van der Waals surface area contributed by atoms with Crippen molar-refractivity contribution in [1.82, 2.24) is 4.31 Å². The highest BCUT2D eigenvalue weighted by atomic mass is 32.2. The lowest BCUT2D eigenvalue weighted by Gasteiger charge is -2.19. The number of halogens is 2. The topological polar surface area (TPSA) is 37.4 Å². The molecule has 0 spiro atoms. The van der Waals surface area contributed by atoms with Crippen LogP contribution in [0.15, 0.2) is 18.2 Å². The minimum absolute atomic E-state index is 0.0453. The van der Waals surface area contributed by atoms with Crippen LogP contribution in [-0.4, -0.2) is 25.5 Å². The Bertz CT molecular complexity index is 488. The van der Waals surface area contributed by atoms with E-state index in [1.807, 2.05) is 6.92 Å². The highest BCUT2D eigenvalue weighted by Gasteiger charge is 2.17. The third-order valence-electron chi connectivity index (χ3n) is 2.30. The molecular formula is C11H15F2NO2S. The number of rotatable bonds is 5. The van der Waals surface area contributed by atoms with Crippen LogP contribution < -0.4 is 0 Å². The molecule has 0 aromatic heterocycles. The van der Waals surface area contributed by atoms with Gasteiger partial charge in [0, 0.05) is 18.7 Å². The lowest BCUT2D eigenvalue weighted by atomic mass is 10.2. The maximum absolute atomic E-state index is 13.4. The van der Waals surface area contributed by atoms with Gasteiger partial charge in [-0.05, 0) is 24.6 Å². The van der Waals surface area contributed by atoms with Crippen LogP contribution in [0.25, 0.3) is 0 Å². The summed E-state index contributed by atoms with van der Waals surface area (Å²) >= 11 is 0. The van der Waals surface area contributed by atoms with Gasteiger partial charge in [-0.25, -0.2) is 17.2 Å². The smallest absolute Gasteiger partial charge is 0.211 e. The summed E-state index contributed by atoms with van der Waals surface area (Å²) in [7, 11) is -3.41. The Hall–Kier alpha value is -1.01. The molecule has 96 valence electrons. The van der Waals surface area contributed by atoms with Gasteiger partial charge in [0.1, 0.15) is 11.6 Å². The van der Waals surface area contributed by atoms with E-state index in [0.29, 0.717) is 6.42 Å². The quantitative estimate of drug-likeness (QED) is 0.816. The Morgan fingerprint density at radius 3 is 2.47 bits per heavy atom. The molecule has 17 heavy (non-hydrogen) atoms. The van der Waals surface area contributed by atoms with Crippen LogP contribution in [0.3, 0.4) is 0 Å². The van der Waals surface area contributed by atoms with Crippen molar-refractivity contribution in [2.45, 2.75) is 19.9 Å². The predicted octanol–water partition coefficient (Wildman–Crippen LogP) is 2.14. The second-order valence-electron chi connectivity index (χ2n) is 3.83. The molecule has 0 heterocycles. The molecule has 0 radical (unpaired) electrons. The summed E-state index contributed by atoms with van der Waals surface area (Å²) in [6, 6.07) is 3.02.